The Balaban J connectivity index is 1.93. The molecule has 0 aliphatic carbocycles. The largest absolute Gasteiger partial charge is 0.475 e. The third-order valence-corrected chi connectivity index (χ3v) is 2.42. The van der Waals surface area contributed by atoms with Crippen molar-refractivity contribution in [1.29, 1.82) is 0 Å². The Hall–Kier alpha value is -2.11. The first-order chi connectivity index (χ1) is 9.13. The van der Waals surface area contributed by atoms with E-state index in [0.717, 1.165) is 24.4 Å². The molecule has 0 amide bonds. The standard InChI is InChI=1S/C13H19N5O/c1-9(2)19-12-6-10(3)17-13(18-12)15-5-4-11-7-14-8-16-11/h6-9H,4-5H2,1-3H3,(H,14,16)(H,15,17,18). The summed E-state index contributed by atoms with van der Waals surface area (Å²) in [5, 5.41) is 3.19. The maximum absolute atomic E-state index is 5.58. The van der Waals surface area contributed by atoms with E-state index in [-0.39, 0.29) is 6.10 Å². The van der Waals surface area contributed by atoms with Crippen LogP contribution in [0.25, 0.3) is 0 Å². The summed E-state index contributed by atoms with van der Waals surface area (Å²) in [6.45, 7) is 6.62. The van der Waals surface area contributed by atoms with Crippen molar-refractivity contribution in [3.63, 3.8) is 0 Å². The number of anilines is 1. The second kappa shape index (κ2) is 6.17. The van der Waals surface area contributed by atoms with Gasteiger partial charge in [-0.2, -0.15) is 4.98 Å². The van der Waals surface area contributed by atoms with Gasteiger partial charge >= 0.3 is 0 Å². The summed E-state index contributed by atoms with van der Waals surface area (Å²) in [6, 6.07) is 1.83. The summed E-state index contributed by atoms with van der Waals surface area (Å²) < 4.78 is 5.58. The molecule has 0 aliphatic rings. The number of aryl methyl sites for hydroxylation is 1. The Bertz CT molecular complexity index is 510. The zero-order valence-electron chi connectivity index (χ0n) is 11.5. The fraction of sp³-hybridized carbons (Fsp3) is 0.462. The van der Waals surface area contributed by atoms with E-state index in [1.807, 2.05) is 33.0 Å². The van der Waals surface area contributed by atoms with Gasteiger partial charge < -0.3 is 15.0 Å². The number of nitrogens with zero attached hydrogens (tertiary/aromatic N) is 3. The van der Waals surface area contributed by atoms with Crippen molar-refractivity contribution < 1.29 is 4.74 Å². The lowest BCUT2D eigenvalue weighted by atomic mass is 10.3. The fourth-order valence-electron chi connectivity index (χ4n) is 1.65. The summed E-state index contributed by atoms with van der Waals surface area (Å²) in [4.78, 5) is 15.7. The van der Waals surface area contributed by atoms with Gasteiger partial charge in [-0.05, 0) is 20.8 Å². The van der Waals surface area contributed by atoms with Crippen molar-refractivity contribution in [2.24, 2.45) is 0 Å². The van der Waals surface area contributed by atoms with E-state index in [2.05, 4.69) is 25.3 Å². The van der Waals surface area contributed by atoms with Crippen LogP contribution in [0, 0.1) is 6.92 Å². The Morgan fingerprint density at radius 2 is 2.21 bits per heavy atom. The molecule has 0 saturated heterocycles. The van der Waals surface area contributed by atoms with Crippen LogP contribution in [-0.4, -0.2) is 32.6 Å². The molecule has 6 heteroatoms. The molecule has 2 heterocycles. The summed E-state index contributed by atoms with van der Waals surface area (Å²) in [5.74, 6) is 1.20. The highest BCUT2D eigenvalue weighted by molar-refractivity contribution is 5.30. The van der Waals surface area contributed by atoms with Crippen molar-refractivity contribution in [2.45, 2.75) is 33.3 Å². The number of H-pyrrole nitrogens is 1. The number of hydrogen-bond donors (Lipinski definition) is 2. The zero-order valence-corrected chi connectivity index (χ0v) is 11.5. The average molecular weight is 261 g/mol. The smallest absolute Gasteiger partial charge is 0.226 e. The van der Waals surface area contributed by atoms with Crippen molar-refractivity contribution >= 4 is 5.95 Å². The van der Waals surface area contributed by atoms with Gasteiger partial charge in [0.15, 0.2) is 0 Å². The van der Waals surface area contributed by atoms with Crippen LogP contribution >= 0.6 is 0 Å². The minimum atomic E-state index is 0.104. The molecular weight excluding hydrogens is 242 g/mol. The van der Waals surface area contributed by atoms with E-state index >= 15 is 0 Å². The summed E-state index contributed by atoms with van der Waals surface area (Å²) in [6.07, 6.45) is 4.43. The van der Waals surface area contributed by atoms with Crippen LogP contribution in [0.3, 0.4) is 0 Å². The van der Waals surface area contributed by atoms with Gasteiger partial charge in [0.25, 0.3) is 0 Å². The minimum Gasteiger partial charge on any atom is -0.475 e. The fourth-order valence-corrected chi connectivity index (χ4v) is 1.65. The van der Waals surface area contributed by atoms with Gasteiger partial charge in [0, 0.05) is 36.6 Å². The first-order valence-electron chi connectivity index (χ1n) is 6.37. The van der Waals surface area contributed by atoms with E-state index in [4.69, 9.17) is 4.74 Å². The lowest BCUT2D eigenvalue weighted by Crippen LogP contribution is -2.12. The van der Waals surface area contributed by atoms with Crippen molar-refractivity contribution in [2.75, 3.05) is 11.9 Å². The second-order valence-electron chi connectivity index (χ2n) is 4.59. The SMILES string of the molecule is Cc1cc(OC(C)C)nc(NCCc2cnc[nH]2)n1. The van der Waals surface area contributed by atoms with Gasteiger partial charge in [-0.15, -0.1) is 0 Å². The van der Waals surface area contributed by atoms with Gasteiger partial charge in [0.2, 0.25) is 11.8 Å². The molecule has 0 bridgehead atoms. The summed E-state index contributed by atoms with van der Waals surface area (Å²) >= 11 is 0. The lowest BCUT2D eigenvalue weighted by molar-refractivity contribution is 0.232. The van der Waals surface area contributed by atoms with Crippen LogP contribution in [-0.2, 0) is 6.42 Å². The van der Waals surface area contributed by atoms with Gasteiger partial charge in [-0.1, -0.05) is 0 Å². The number of rotatable bonds is 6. The number of hydrogen-bond acceptors (Lipinski definition) is 5. The van der Waals surface area contributed by atoms with E-state index in [9.17, 15) is 0 Å². The molecule has 2 N–H and O–H groups in total. The molecule has 0 fully saturated rings. The highest BCUT2D eigenvalue weighted by atomic mass is 16.5. The average Bonchev–Trinajstić information content (AvgIpc) is 2.80. The Labute approximate surface area is 112 Å². The van der Waals surface area contributed by atoms with Gasteiger partial charge in [0.05, 0.1) is 12.4 Å². The van der Waals surface area contributed by atoms with Crippen LogP contribution < -0.4 is 10.1 Å². The maximum Gasteiger partial charge on any atom is 0.226 e. The highest BCUT2D eigenvalue weighted by Crippen LogP contribution is 2.13. The molecule has 0 spiro atoms. The van der Waals surface area contributed by atoms with Crippen LogP contribution in [0.2, 0.25) is 0 Å². The molecule has 2 rings (SSSR count). The van der Waals surface area contributed by atoms with E-state index in [1.165, 1.54) is 0 Å². The number of imidazole rings is 1. The number of aromatic amines is 1. The third-order valence-electron chi connectivity index (χ3n) is 2.42. The molecule has 0 radical (unpaired) electrons. The first kappa shape index (κ1) is 13.3. The quantitative estimate of drug-likeness (QED) is 0.831. The number of nitrogens with one attached hydrogen (secondary N) is 2. The van der Waals surface area contributed by atoms with Crippen LogP contribution in [0.4, 0.5) is 5.95 Å². The predicted molar refractivity (Wildman–Crippen MR) is 73.3 cm³/mol. The summed E-state index contributed by atoms with van der Waals surface area (Å²) in [5.41, 5.74) is 1.97. The maximum atomic E-state index is 5.58. The van der Waals surface area contributed by atoms with Crippen molar-refractivity contribution in [3.8, 4) is 5.88 Å². The molecule has 6 nitrogen and oxygen atoms in total. The van der Waals surface area contributed by atoms with Crippen molar-refractivity contribution in [1.82, 2.24) is 19.9 Å². The van der Waals surface area contributed by atoms with Crippen LogP contribution in [0.1, 0.15) is 25.2 Å². The molecule has 0 saturated carbocycles. The first-order valence-corrected chi connectivity index (χ1v) is 6.37. The van der Waals surface area contributed by atoms with Crippen LogP contribution in [0.5, 0.6) is 5.88 Å². The van der Waals surface area contributed by atoms with Crippen molar-refractivity contribution in [3.05, 3.63) is 30.0 Å². The molecule has 2 aromatic heterocycles. The molecule has 0 unspecified atom stereocenters. The topological polar surface area (TPSA) is 75.7 Å². The Morgan fingerprint density at radius 1 is 1.37 bits per heavy atom. The normalized spacial score (nSPS) is 10.7. The molecular formula is C13H19N5O. The molecule has 102 valence electrons. The van der Waals surface area contributed by atoms with Crippen LogP contribution in [0.15, 0.2) is 18.6 Å². The van der Waals surface area contributed by atoms with E-state index in [0.29, 0.717) is 11.8 Å². The Morgan fingerprint density at radius 3 is 2.89 bits per heavy atom. The molecule has 19 heavy (non-hydrogen) atoms. The predicted octanol–water partition coefficient (Wildman–Crippen LogP) is 1.95. The second-order valence-corrected chi connectivity index (χ2v) is 4.59. The lowest BCUT2D eigenvalue weighted by Gasteiger charge is -2.11. The Kier molecular flexibility index (Phi) is 4.33. The van der Waals surface area contributed by atoms with Gasteiger partial charge in [-0.3, -0.25) is 0 Å². The minimum absolute atomic E-state index is 0.104. The number of ether oxygens (including phenoxy) is 1. The van der Waals surface area contributed by atoms with Gasteiger partial charge in [-0.25, -0.2) is 9.97 Å². The third kappa shape index (κ3) is 4.24. The summed E-state index contributed by atoms with van der Waals surface area (Å²) in [7, 11) is 0. The van der Waals surface area contributed by atoms with E-state index in [1.54, 1.807) is 6.33 Å². The molecule has 0 atom stereocenters. The van der Waals surface area contributed by atoms with Gasteiger partial charge in [0.1, 0.15) is 0 Å². The molecule has 2 aromatic rings. The zero-order chi connectivity index (χ0) is 13.7. The molecule has 0 aliphatic heterocycles. The van der Waals surface area contributed by atoms with E-state index < -0.39 is 0 Å². The molecule has 0 aromatic carbocycles. The number of aromatic nitrogens is 4. The highest BCUT2D eigenvalue weighted by Gasteiger charge is 2.04. The monoisotopic (exact) mass is 261 g/mol.